The number of nitrogens with two attached hydrogens (primary N) is 1. The van der Waals surface area contributed by atoms with Crippen molar-refractivity contribution in [3.63, 3.8) is 0 Å². The predicted molar refractivity (Wildman–Crippen MR) is 74.4 cm³/mol. The maximum Gasteiger partial charge on any atom is 0.352 e. The van der Waals surface area contributed by atoms with Gasteiger partial charge in [0.25, 0.3) is 0 Å². The molecule has 0 bridgehead atoms. The van der Waals surface area contributed by atoms with Crippen molar-refractivity contribution in [3.05, 3.63) is 53.5 Å². The van der Waals surface area contributed by atoms with E-state index in [0.717, 1.165) is 5.56 Å². The minimum atomic E-state index is -0.400. The highest BCUT2D eigenvalue weighted by atomic mass is 16.1. The van der Waals surface area contributed by atoms with Crippen LogP contribution < -0.4 is 16.5 Å². The lowest BCUT2D eigenvalue weighted by molar-refractivity contribution is 0.756. The Kier molecular flexibility index (Phi) is 3.72. The molecule has 1 aromatic carbocycles. The Bertz CT molecular complexity index is 635. The molecule has 0 aliphatic carbocycles. The number of rotatable bonds is 4. The van der Waals surface area contributed by atoms with Crippen molar-refractivity contribution >= 4 is 5.95 Å². The number of hydrogen-bond donors (Lipinski definition) is 1. The van der Waals surface area contributed by atoms with Gasteiger partial charge in [-0.15, -0.1) is 6.58 Å². The Hall–Kier alpha value is -2.47. The topological polar surface area (TPSA) is 77.0 Å². The molecule has 1 heterocycles. The second-order valence-electron chi connectivity index (χ2n) is 4.00. The zero-order chi connectivity index (χ0) is 13.8. The lowest BCUT2D eigenvalue weighted by Gasteiger charge is -2.15. The van der Waals surface area contributed by atoms with E-state index in [0.29, 0.717) is 12.4 Å². The van der Waals surface area contributed by atoms with Gasteiger partial charge in [-0.1, -0.05) is 36.4 Å². The Morgan fingerprint density at radius 2 is 2.05 bits per heavy atom. The van der Waals surface area contributed by atoms with Crippen LogP contribution in [0.5, 0.6) is 0 Å². The van der Waals surface area contributed by atoms with Crippen LogP contribution in [0.15, 0.2) is 47.8 Å². The summed E-state index contributed by atoms with van der Waals surface area (Å²) in [5, 5.41) is 1.28. The highest BCUT2D eigenvalue weighted by molar-refractivity contribution is 5.56. The fraction of sp³-hybridized carbons (Fsp3) is 0.154. The van der Waals surface area contributed by atoms with Gasteiger partial charge in [-0.3, -0.25) is 9.58 Å². The van der Waals surface area contributed by atoms with Crippen molar-refractivity contribution in [3.8, 4) is 11.4 Å². The number of anilines is 1. The highest BCUT2D eigenvalue weighted by Crippen LogP contribution is 2.15. The summed E-state index contributed by atoms with van der Waals surface area (Å²) in [7, 11) is 1.63. The SMILES string of the molecule is C=CCN(N)c1nc(-c2ccccc2)n(C)c(=O)n1. The normalized spacial score (nSPS) is 10.2. The first-order chi connectivity index (χ1) is 9.13. The van der Waals surface area contributed by atoms with Crippen LogP contribution in [0.25, 0.3) is 11.4 Å². The van der Waals surface area contributed by atoms with Gasteiger partial charge in [-0.25, -0.2) is 10.6 Å². The summed E-state index contributed by atoms with van der Waals surface area (Å²) in [5.41, 5.74) is 0.432. The van der Waals surface area contributed by atoms with Gasteiger partial charge in [0, 0.05) is 12.6 Å². The van der Waals surface area contributed by atoms with Crippen LogP contribution in [0.2, 0.25) is 0 Å². The number of aromatic nitrogens is 3. The van der Waals surface area contributed by atoms with Gasteiger partial charge in [0.05, 0.1) is 6.54 Å². The summed E-state index contributed by atoms with van der Waals surface area (Å²) in [5.74, 6) is 6.47. The third kappa shape index (κ3) is 2.69. The average molecular weight is 257 g/mol. The molecule has 0 saturated carbocycles. The van der Waals surface area contributed by atoms with Crippen molar-refractivity contribution in [1.29, 1.82) is 0 Å². The molecule has 19 heavy (non-hydrogen) atoms. The molecule has 0 aliphatic heterocycles. The van der Waals surface area contributed by atoms with Crippen molar-refractivity contribution < 1.29 is 0 Å². The molecule has 0 atom stereocenters. The first kappa shape index (κ1) is 13.0. The highest BCUT2D eigenvalue weighted by Gasteiger charge is 2.11. The van der Waals surface area contributed by atoms with Gasteiger partial charge < -0.3 is 0 Å². The largest absolute Gasteiger partial charge is 0.352 e. The molecule has 0 unspecified atom stereocenters. The second kappa shape index (κ2) is 5.45. The zero-order valence-corrected chi connectivity index (χ0v) is 10.7. The summed E-state index contributed by atoms with van der Waals surface area (Å²) >= 11 is 0. The van der Waals surface area contributed by atoms with Crippen LogP contribution >= 0.6 is 0 Å². The van der Waals surface area contributed by atoms with Gasteiger partial charge in [-0.05, 0) is 0 Å². The Balaban J connectivity index is 2.55. The van der Waals surface area contributed by atoms with E-state index >= 15 is 0 Å². The smallest absolute Gasteiger partial charge is 0.279 e. The third-order valence-corrected chi connectivity index (χ3v) is 2.62. The number of hydrogen-bond acceptors (Lipinski definition) is 5. The standard InChI is InChI=1S/C13H15N5O/c1-3-9-18(14)12-15-11(17(2)13(19)16-12)10-7-5-4-6-8-10/h3-8H,1,9,14H2,2H3. The van der Waals surface area contributed by atoms with Crippen LogP contribution in [-0.4, -0.2) is 21.1 Å². The summed E-state index contributed by atoms with van der Waals surface area (Å²) < 4.78 is 1.39. The molecule has 0 aliphatic rings. The van der Waals surface area contributed by atoms with E-state index in [1.54, 1.807) is 13.1 Å². The summed E-state index contributed by atoms with van der Waals surface area (Å²) in [6, 6.07) is 9.41. The Labute approximate surface area is 110 Å². The maximum absolute atomic E-state index is 11.8. The number of hydrazine groups is 1. The zero-order valence-electron chi connectivity index (χ0n) is 10.7. The maximum atomic E-state index is 11.8. The molecule has 2 rings (SSSR count). The molecule has 2 aromatic rings. The second-order valence-corrected chi connectivity index (χ2v) is 4.00. The summed E-state index contributed by atoms with van der Waals surface area (Å²) in [6.07, 6.45) is 1.61. The number of benzene rings is 1. The fourth-order valence-corrected chi connectivity index (χ4v) is 1.64. The van der Waals surface area contributed by atoms with E-state index in [1.165, 1.54) is 9.58 Å². The molecule has 0 saturated heterocycles. The minimum absolute atomic E-state index is 0.182. The third-order valence-electron chi connectivity index (χ3n) is 2.62. The molecule has 0 amide bonds. The molecular weight excluding hydrogens is 242 g/mol. The van der Waals surface area contributed by atoms with Gasteiger partial charge in [0.15, 0.2) is 0 Å². The van der Waals surface area contributed by atoms with Gasteiger partial charge in [0.1, 0.15) is 5.82 Å². The van der Waals surface area contributed by atoms with E-state index in [4.69, 9.17) is 5.84 Å². The van der Waals surface area contributed by atoms with E-state index in [9.17, 15) is 4.79 Å². The molecular formula is C13H15N5O. The number of nitrogens with zero attached hydrogens (tertiary/aromatic N) is 4. The van der Waals surface area contributed by atoms with Crippen molar-refractivity contribution in [2.45, 2.75) is 0 Å². The van der Waals surface area contributed by atoms with Gasteiger partial charge in [0.2, 0.25) is 5.95 Å². The summed E-state index contributed by atoms with van der Waals surface area (Å²) in [4.78, 5) is 20.0. The van der Waals surface area contributed by atoms with Crippen molar-refractivity contribution in [2.75, 3.05) is 11.6 Å². The molecule has 0 spiro atoms. The molecule has 6 nitrogen and oxygen atoms in total. The molecule has 0 fully saturated rings. The van der Waals surface area contributed by atoms with Crippen LogP contribution in [0, 0.1) is 0 Å². The molecule has 1 aromatic heterocycles. The van der Waals surface area contributed by atoms with E-state index in [2.05, 4.69) is 16.5 Å². The predicted octanol–water partition coefficient (Wildman–Crippen LogP) is 0.708. The van der Waals surface area contributed by atoms with Crippen LogP contribution in [0.4, 0.5) is 5.95 Å². The van der Waals surface area contributed by atoms with Crippen LogP contribution in [0.1, 0.15) is 0 Å². The molecule has 6 heteroatoms. The monoisotopic (exact) mass is 257 g/mol. The summed E-state index contributed by atoms with van der Waals surface area (Å²) in [6.45, 7) is 3.95. The fourth-order valence-electron chi connectivity index (χ4n) is 1.64. The van der Waals surface area contributed by atoms with Crippen LogP contribution in [-0.2, 0) is 7.05 Å². The Morgan fingerprint density at radius 1 is 1.37 bits per heavy atom. The minimum Gasteiger partial charge on any atom is -0.279 e. The first-order valence-corrected chi connectivity index (χ1v) is 5.77. The average Bonchev–Trinajstić information content (AvgIpc) is 2.43. The van der Waals surface area contributed by atoms with Gasteiger partial charge in [-0.2, -0.15) is 9.97 Å². The molecule has 2 N–H and O–H groups in total. The lowest BCUT2D eigenvalue weighted by atomic mass is 10.2. The van der Waals surface area contributed by atoms with Crippen molar-refractivity contribution in [2.24, 2.45) is 12.9 Å². The first-order valence-electron chi connectivity index (χ1n) is 5.77. The Morgan fingerprint density at radius 3 is 2.68 bits per heavy atom. The van der Waals surface area contributed by atoms with E-state index < -0.39 is 5.69 Å². The van der Waals surface area contributed by atoms with E-state index in [-0.39, 0.29) is 5.95 Å². The van der Waals surface area contributed by atoms with Crippen LogP contribution in [0.3, 0.4) is 0 Å². The molecule has 0 radical (unpaired) electrons. The van der Waals surface area contributed by atoms with Crippen molar-refractivity contribution in [1.82, 2.24) is 14.5 Å². The quantitative estimate of drug-likeness (QED) is 0.496. The van der Waals surface area contributed by atoms with Gasteiger partial charge >= 0.3 is 5.69 Å². The molecule has 98 valence electrons. The van der Waals surface area contributed by atoms with E-state index in [1.807, 2.05) is 30.3 Å². The lowest BCUT2D eigenvalue weighted by Crippen LogP contribution is -2.36.